The molecule has 5 heteroatoms. The second kappa shape index (κ2) is 4.25. The third-order valence-electron chi connectivity index (χ3n) is 3.04. The normalized spacial score (nSPS) is 23.9. The molecule has 1 heterocycles. The third-order valence-corrected chi connectivity index (χ3v) is 3.04. The van der Waals surface area contributed by atoms with E-state index in [1.807, 2.05) is 13.0 Å². The molecule has 3 N–H and O–H groups in total. The molecule has 0 unspecified atom stereocenters. The number of hydrogen-bond donors (Lipinski definition) is 2. The van der Waals surface area contributed by atoms with Crippen LogP contribution in [0.2, 0.25) is 0 Å². The molecular formula is C11H18N4O. The number of rotatable bonds is 3. The van der Waals surface area contributed by atoms with Crippen LogP contribution in [0.3, 0.4) is 0 Å². The van der Waals surface area contributed by atoms with Crippen LogP contribution >= 0.6 is 0 Å². The number of hydrogen-bond acceptors (Lipinski definition) is 3. The molecule has 1 aliphatic rings. The molecule has 1 aliphatic carbocycles. The van der Waals surface area contributed by atoms with Gasteiger partial charge in [-0.05, 0) is 25.3 Å². The molecule has 1 aromatic heterocycles. The number of amides is 1. The van der Waals surface area contributed by atoms with Crippen LogP contribution in [0.15, 0.2) is 6.07 Å². The highest BCUT2D eigenvalue weighted by Gasteiger charge is 2.28. The lowest BCUT2D eigenvalue weighted by atomic mass is 9.87. The number of nitrogens with two attached hydrogens (primary N) is 1. The minimum Gasteiger partial charge on any atom is -0.348 e. The highest BCUT2D eigenvalue weighted by atomic mass is 16.2. The molecule has 0 spiro atoms. The number of aromatic nitrogens is 2. The first kappa shape index (κ1) is 11.1. The standard InChI is InChI=1S/C11H18N4O/c1-3-8-6-10(15(2)14-8)11(16)13-9-4-7(12)5-9/h6-7,9H,3-5,12H2,1-2H3,(H,13,16). The van der Waals surface area contributed by atoms with Gasteiger partial charge in [0.2, 0.25) is 0 Å². The van der Waals surface area contributed by atoms with Crippen LogP contribution in [0.25, 0.3) is 0 Å². The van der Waals surface area contributed by atoms with E-state index in [0.29, 0.717) is 5.69 Å². The molecule has 0 aromatic carbocycles. The van der Waals surface area contributed by atoms with Crippen LogP contribution in [-0.4, -0.2) is 27.8 Å². The average Bonchev–Trinajstić information content (AvgIpc) is 2.57. The Morgan fingerprint density at radius 3 is 2.88 bits per heavy atom. The number of carbonyl (C=O) groups excluding carboxylic acids is 1. The van der Waals surface area contributed by atoms with Gasteiger partial charge in [0.1, 0.15) is 5.69 Å². The maximum atomic E-state index is 11.9. The topological polar surface area (TPSA) is 72.9 Å². The number of aryl methyl sites for hydroxylation is 2. The van der Waals surface area contributed by atoms with Crippen molar-refractivity contribution in [3.8, 4) is 0 Å². The maximum absolute atomic E-state index is 11.9. The van der Waals surface area contributed by atoms with Crippen LogP contribution < -0.4 is 11.1 Å². The quantitative estimate of drug-likeness (QED) is 0.767. The number of nitrogens with zero attached hydrogens (tertiary/aromatic N) is 2. The summed E-state index contributed by atoms with van der Waals surface area (Å²) in [7, 11) is 1.79. The summed E-state index contributed by atoms with van der Waals surface area (Å²) in [5, 5.41) is 7.21. The molecular weight excluding hydrogens is 204 g/mol. The molecule has 1 amide bonds. The van der Waals surface area contributed by atoms with Crippen LogP contribution in [0.4, 0.5) is 0 Å². The van der Waals surface area contributed by atoms with Gasteiger partial charge in [0.25, 0.3) is 5.91 Å². The first-order valence-corrected chi connectivity index (χ1v) is 5.69. The van der Waals surface area contributed by atoms with Gasteiger partial charge in [-0.25, -0.2) is 0 Å². The molecule has 2 rings (SSSR count). The summed E-state index contributed by atoms with van der Waals surface area (Å²) in [5.74, 6) is -0.0494. The van der Waals surface area contributed by atoms with Crippen molar-refractivity contribution in [1.29, 1.82) is 0 Å². The summed E-state index contributed by atoms with van der Waals surface area (Å²) in [6.07, 6.45) is 2.60. The van der Waals surface area contributed by atoms with E-state index in [9.17, 15) is 4.79 Å². The second-order valence-electron chi connectivity index (χ2n) is 4.40. The lowest BCUT2D eigenvalue weighted by Crippen LogP contribution is -2.50. The Morgan fingerprint density at radius 1 is 1.69 bits per heavy atom. The Bertz CT molecular complexity index is 393. The van der Waals surface area contributed by atoms with Gasteiger partial charge in [0, 0.05) is 19.1 Å². The van der Waals surface area contributed by atoms with Gasteiger partial charge < -0.3 is 11.1 Å². The Labute approximate surface area is 95.0 Å². The Morgan fingerprint density at radius 2 is 2.38 bits per heavy atom. The summed E-state index contributed by atoms with van der Waals surface area (Å²) in [4.78, 5) is 11.9. The monoisotopic (exact) mass is 222 g/mol. The maximum Gasteiger partial charge on any atom is 0.269 e. The van der Waals surface area contributed by atoms with Crippen molar-refractivity contribution in [2.45, 2.75) is 38.3 Å². The van der Waals surface area contributed by atoms with Crippen molar-refractivity contribution in [1.82, 2.24) is 15.1 Å². The van der Waals surface area contributed by atoms with Crippen molar-refractivity contribution in [2.24, 2.45) is 12.8 Å². The van der Waals surface area contributed by atoms with Crippen LogP contribution in [0.5, 0.6) is 0 Å². The number of carbonyl (C=O) groups is 1. The van der Waals surface area contributed by atoms with Crippen LogP contribution in [0.1, 0.15) is 35.9 Å². The summed E-state index contributed by atoms with van der Waals surface area (Å²) in [6.45, 7) is 2.02. The Hall–Kier alpha value is -1.36. The van der Waals surface area contributed by atoms with Gasteiger partial charge in [-0.15, -0.1) is 0 Å². The summed E-state index contributed by atoms with van der Waals surface area (Å²) >= 11 is 0. The molecule has 0 aliphatic heterocycles. The molecule has 0 saturated heterocycles. The SMILES string of the molecule is CCc1cc(C(=O)NC2CC(N)C2)n(C)n1. The largest absolute Gasteiger partial charge is 0.348 e. The first-order chi connectivity index (χ1) is 7.60. The lowest BCUT2D eigenvalue weighted by Gasteiger charge is -2.32. The van der Waals surface area contributed by atoms with Crippen molar-refractivity contribution < 1.29 is 4.79 Å². The highest BCUT2D eigenvalue weighted by Crippen LogP contribution is 2.18. The van der Waals surface area contributed by atoms with E-state index in [1.165, 1.54) is 0 Å². The molecule has 88 valence electrons. The minimum atomic E-state index is -0.0494. The fourth-order valence-electron chi connectivity index (χ4n) is 1.95. The summed E-state index contributed by atoms with van der Waals surface area (Å²) < 4.78 is 1.63. The van der Waals surface area contributed by atoms with Gasteiger partial charge in [-0.3, -0.25) is 9.48 Å². The minimum absolute atomic E-state index is 0.0494. The lowest BCUT2D eigenvalue weighted by molar-refractivity contribution is 0.0900. The molecule has 1 fully saturated rings. The average molecular weight is 222 g/mol. The molecule has 0 radical (unpaired) electrons. The zero-order chi connectivity index (χ0) is 11.7. The zero-order valence-electron chi connectivity index (χ0n) is 9.73. The first-order valence-electron chi connectivity index (χ1n) is 5.69. The molecule has 1 saturated carbocycles. The van der Waals surface area contributed by atoms with Gasteiger partial charge in [0.05, 0.1) is 5.69 Å². The molecule has 0 atom stereocenters. The van der Waals surface area contributed by atoms with Crippen molar-refractivity contribution in [3.63, 3.8) is 0 Å². The summed E-state index contributed by atoms with van der Waals surface area (Å²) in [6, 6.07) is 2.33. The van der Waals surface area contributed by atoms with E-state index in [2.05, 4.69) is 10.4 Å². The second-order valence-corrected chi connectivity index (χ2v) is 4.40. The van der Waals surface area contributed by atoms with E-state index in [-0.39, 0.29) is 18.0 Å². The molecule has 16 heavy (non-hydrogen) atoms. The predicted molar refractivity (Wildman–Crippen MR) is 61.0 cm³/mol. The van der Waals surface area contributed by atoms with Crippen LogP contribution in [0, 0.1) is 0 Å². The fourth-order valence-corrected chi connectivity index (χ4v) is 1.95. The van der Waals surface area contributed by atoms with E-state index < -0.39 is 0 Å². The van der Waals surface area contributed by atoms with Crippen molar-refractivity contribution in [3.05, 3.63) is 17.5 Å². The van der Waals surface area contributed by atoms with E-state index >= 15 is 0 Å². The van der Waals surface area contributed by atoms with E-state index in [4.69, 9.17) is 5.73 Å². The predicted octanol–water partition coefficient (Wildman–Crippen LogP) is 0.202. The van der Waals surface area contributed by atoms with Crippen molar-refractivity contribution in [2.75, 3.05) is 0 Å². The smallest absolute Gasteiger partial charge is 0.269 e. The molecule has 1 aromatic rings. The van der Waals surface area contributed by atoms with Gasteiger partial charge >= 0.3 is 0 Å². The van der Waals surface area contributed by atoms with E-state index in [0.717, 1.165) is 25.0 Å². The van der Waals surface area contributed by atoms with Gasteiger partial charge in [-0.1, -0.05) is 6.92 Å². The van der Waals surface area contributed by atoms with E-state index in [1.54, 1.807) is 11.7 Å². The fraction of sp³-hybridized carbons (Fsp3) is 0.636. The number of nitrogens with one attached hydrogen (secondary N) is 1. The zero-order valence-corrected chi connectivity index (χ0v) is 9.73. The molecule has 5 nitrogen and oxygen atoms in total. The van der Waals surface area contributed by atoms with Crippen molar-refractivity contribution >= 4 is 5.91 Å². The molecule has 0 bridgehead atoms. The highest BCUT2D eigenvalue weighted by molar-refractivity contribution is 5.92. The third kappa shape index (κ3) is 2.09. The summed E-state index contributed by atoms with van der Waals surface area (Å²) in [5.41, 5.74) is 7.24. The van der Waals surface area contributed by atoms with Gasteiger partial charge in [0.15, 0.2) is 0 Å². The Balaban J connectivity index is 2.00. The Kier molecular flexibility index (Phi) is 2.96. The van der Waals surface area contributed by atoms with Gasteiger partial charge in [-0.2, -0.15) is 5.10 Å². The van der Waals surface area contributed by atoms with Crippen LogP contribution in [-0.2, 0) is 13.5 Å².